The molecule has 0 nitrogen and oxygen atoms in total. The van der Waals surface area contributed by atoms with Crippen LogP contribution >= 0.6 is 0 Å². The van der Waals surface area contributed by atoms with Crippen LogP contribution < -0.4 is 0 Å². The van der Waals surface area contributed by atoms with Crippen molar-refractivity contribution in [3.63, 3.8) is 0 Å². The predicted octanol–water partition coefficient (Wildman–Crippen LogP) is 17.8. The molecule has 0 heterocycles. The summed E-state index contributed by atoms with van der Waals surface area (Å²) < 4.78 is 0. The van der Waals surface area contributed by atoms with Crippen molar-refractivity contribution in [3.05, 3.63) is 70.3 Å². The molecular weight excluding hydrogens is 625 g/mol. The molecule has 0 bridgehead atoms. The monoisotopic (exact) mass is 715 g/mol. The standard InChI is InChI=1S/C52H90/c1-5-9-12-15-18-21-24-31-41-49-45-46-50(42-32-28-27-30-38-47(37-8-4)48-39-33-29-34-40-48)52(44-36-26-23-20-17-14-11-7-3)51(49)43-35-25-22-19-16-13-10-6-2/h29,33-34,39-40,45-47H,5-28,30-32,35-38,41-44H2,1-4H3. The fraction of sp³-hybridized carbons (Fsp3) is 0.769. The zero-order valence-electron chi connectivity index (χ0n) is 35.9. The molecule has 0 amide bonds. The van der Waals surface area contributed by atoms with Crippen LogP contribution in [0.2, 0.25) is 0 Å². The summed E-state index contributed by atoms with van der Waals surface area (Å²) in [4.78, 5) is 0. The van der Waals surface area contributed by atoms with Gasteiger partial charge in [0.05, 0.1) is 0 Å². The van der Waals surface area contributed by atoms with Crippen LogP contribution in [-0.4, -0.2) is 0 Å². The summed E-state index contributed by atoms with van der Waals surface area (Å²) in [5, 5.41) is 0. The zero-order valence-corrected chi connectivity index (χ0v) is 35.9. The first-order chi connectivity index (χ1) is 25.7. The Labute approximate surface area is 327 Å². The normalized spacial score (nSPS) is 12.2. The molecule has 1 atom stereocenters. The molecule has 0 saturated carbocycles. The Morgan fingerprint density at radius 1 is 0.308 bits per heavy atom. The number of benzene rings is 2. The molecule has 0 aliphatic rings. The number of unbranched alkanes of at least 4 members (excludes halogenated alkanes) is 24. The molecule has 298 valence electrons. The molecule has 2 aromatic rings. The smallest absolute Gasteiger partial charge is 0.0162 e. The predicted molar refractivity (Wildman–Crippen MR) is 236 cm³/mol. The first-order valence-electron chi connectivity index (χ1n) is 23.9. The highest BCUT2D eigenvalue weighted by atomic mass is 14.2. The van der Waals surface area contributed by atoms with Gasteiger partial charge in [-0.25, -0.2) is 0 Å². The van der Waals surface area contributed by atoms with Crippen LogP contribution in [0.4, 0.5) is 0 Å². The van der Waals surface area contributed by atoms with E-state index < -0.39 is 0 Å². The van der Waals surface area contributed by atoms with Crippen molar-refractivity contribution in [1.29, 1.82) is 0 Å². The average Bonchev–Trinajstić information content (AvgIpc) is 3.17. The van der Waals surface area contributed by atoms with Crippen molar-refractivity contribution in [1.82, 2.24) is 0 Å². The molecule has 0 aliphatic carbocycles. The number of rotatable bonds is 37. The molecule has 1 unspecified atom stereocenters. The summed E-state index contributed by atoms with van der Waals surface area (Å²) in [5.74, 6) is 0.747. The molecule has 0 fully saturated rings. The van der Waals surface area contributed by atoms with E-state index in [2.05, 4.69) is 70.2 Å². The maximum atomic E-state index is 2.62. The van der Waals surface area contributed by atoms with Gasteiger partial charge in [0.15, 0.2) is 0 Å². The zero-order chi connectivity index (χ0) is 37.2. The molecule has 0 aliphatic heterocycles. The average molecular weight is 715 g/mol. The van der Waals surface area contributed by atoms with Crippen molar-refractivity contribution < 1.29 is 0 Å². The molecule has 0 spiro atoms. The van der Waals surface area contributed by atoms with Crippen molar-refractivity contribution in [3.8, 4) is 0 Å². The van der Waals surface area contributed by atoms with Crippen LogP contribution in [0.3, 0.4) is 0 Å². The van der Waals surface area contributed by atoms with E-state index in [0.29, 0.717) is 0 Å². The van der Waals surface area contributed by atoms with Crippen molar-refractivity contribution in [2.75, 3.05) is 0 Å². The van der Waals surface area contributed by atoms with Crippen LogP contribution in [0, 0.1) is 0 Å². The van der Waals surface area contributed by atoms with Gasteiger partial charge < -0.3 is 0 Å². The van der Waals surface area contributed by atoms with Gasteiger partial charge in [-0.3, -0.25) is 0 Å². The van der Waals surface area contributed by atoms with Gasteiger partial charge in [0.1, 0.15) is 0 Å². The SMILES string of the molecule is CCCCCCCCCCc1ccc(CCCCCCC(CCC)c2ccccc2)c(CCCCCCCCCC)c1CCCCCCCCCC. The van der Waals surface area contributed by atoms with Crippen LogP contribution in [0.15, 0.2) is 42.5 Å². The highest BCUT2D eigenvalue weighted by Crippen LogP contribution is 2.30. The maximum absolute atomic E-state index is 2.62. The van der Waals surface area contributed by atoms with Gasteiger partial charge in [-0.2, -0.15) is 0 Å². The van der Waals surface area contributed by atoms with Crippen LogP contribution in [-0.2, 0) is 25.7 Å². The largest absolute Gasteiger partial charge is 0.0654 e. The second-order valence-electron chi connectivity index (χ2n) is 16.9. The third-order valence-electron chi connectivity index (χ3n) is 12.1. The molecule has 2 rings (SSSR count). The van der Waals surface area contributed by atoms with Crippen LogP contribution in [0.25, 0.3) is 0 Å². The minimum Gasteiger partial charge on any atom is -0.0654 e. The molecule has 0 aromatic heterocycles. The van der Waals surface area contributed by atoms with Crippen molar-refractivity contribution >= 4 is 0 Å². The van der Waals surface area contributed by atoms with Gasteiger partial charge >= 0.3 is 0 Å². The van der Waals surface area contributed by atoms with Crippen molar-refractivity contribution in [2.45, 2.75) is 258 Å². The summed E-state index contributed by atoms with van der Waals surface area (Å²) in [6.07, 6.45) is 48.8. The Bertz CT molecular complexity index is 1030. The van der Waals surface area contributed by atoms with Crippen molar-refractivity contribution in [2.24, 2.45) is 0 Å². The number of aryl methyl sites for hydroxylation is 2. The van der Waals surface area contributed by atoms with Gasteiger partial charge in [0.25, 0.3) is 0 Å². The molecule has 0 radical (unpaired) electrons. The second-order valence-corrected chi connectivity index (χ2v) is 16.9. The summed E-state index contributed by atoms with van der Waals surface area (Å²) >= 11 is 0. The maximum Gasteiger partial charge on any atom is -0.0162 e. The van der Waals surface area contributed by atoms with Gasteiger partial charge in [-0.05, 0) is 97.9 Å². The Morgan fingerprint density at radius 2 is 0.654 bits per heavy atom. The molecular formula is C52H90. The first kappa shape index (κ1) is 46.6. The first-order valence-corrected chi connectivity index (χ1v) is 23.9. The second kappa shape index (κ2) is 34.0. The third-order valence-corrected chi connectivity index (χ3v) is 12.1. The summed E-state index contributed by atoms with van der Waals surface area (Å²) in [7, 11) is 0. The van der Waals surface area contributed by atoms with Gasteiger partial charge in [-0.1, -0.05) is 231 Å². The van der Waals surface area contributed by atoms with Gasteiger partial charge in [0, 0.05) is 0 Å². The van der Waals surface area contributed by atoms with E-state index in [0.717, 1.165) is 5.92 Å². The van der Waals surface area contributed by atoms with E-state index in [1.807, 2.05) is 11.1 Å². The quantitative estimate of drug-likeness (QED) is 0.0611. The minimum absolute atomic E-state index is 0.747. The Balaban J connectivity index is 2.05. The lowest BCUT2D eigenvalue weighted by Gasteiger charge is -2.20. The lowest BCUT2D eigenvalue weighted by Crippen LogP contribution is -2.07. The lowest BCUT2D eigenvalue weighted by molar-refractivity contribution is 0.517. The Morgan fingerprint density at radius 3 is 1.04 bits per heavy atom. The summed E-state index contributed by atoms with van der Waals surface area (Å²) in [6.45, 7) is 9.35. The van der Waals surface area contributed by atoms with Crippen LogP contribution in [0.1, 0.15) is 260 Å². The topological polar surface area (TPSA) is 0 Å². The summed E-state index contributed by atoms with van der Waals surface area (Å²) in [6, 6.07) is 16.6. The van der Waals surface area contributed by atoms with E-state index >= 15 is 0 Å². The van der Waals surface area contributed by atoms with Gasteiger partial charge in [-0.15, -0.1) is 0 Å². The van der Waals surface area contributed by atoms with Gasteiger partial charge in [0.2, 0.25) is 0 Å². The molecule has 2 aromatic carbocycles. The lowest BCUT2D eigenvalue weighted by atomic mass is 9.85. The number of hydrogen-bond donors (Lipinski definition) is 0. The fourth-order valence-corrected chi connectivity index (χ4v) is 8.81. The minimum atomic E-state index is 0.747. The highest BCUT2D eigenvalue weighted by molar-refractivity contribution is 5.42. The molecule has 52 heavy (non-hydrogen) atoms. The van der Waals surface area contributed by atoms with E-state index in [1.165, 1.54) is 225 Å². The van der Waals surface area contributed by atoms with Crippen LogP contribution in [0.5, 0.6) is 0 Å². The molecule has 0 saturated heterocycles. The number of hydrogen-bond acceptors (Lipinski definition) is 0. The van der Waals surface area contributed by atoms with E-state index in [1.54, 1.807) is 16.7 Å². The fourth-order valence-electron chi connectivity index (χ4n) is 8.81. The Kier molecular flexibility index (Phi) is 30.4. The van der Waals surface area contributed by atoms with E-state index in [9.17, 15) is 0 Å². The third kappa shape index (κ3) is 22.6. The highest BCUT2D eigenvalue weighted by Gasteiger charge is 2.15. The Hall–Kier alpha value is -1.56. The molecule has 0 N–H and O–H groups in total. The molecule has 0 heteroatoms. The van der Waals surface area contributed by atoms with E-state index in [4.69, 9.17) is 0 Å². The van der Waals surface area contributed by atoms with E-state index in [-0.39, 0.29) is 0 Å². The summed E-state index contributed by atoms with van der Waals surface area (Å²) in [5.41, 5.74) is 8.66.